The number of thiophene rings is 1. The van der Waals surface area contributed by atoms with Crippen molar-refractivity contribution in [1.82, 2.24) is 0 Å². The Labute approximate surface area is 330 Å². The molecule has 56 heavy (non-hydrogen) atoms. The summed E-state index contributed by atoms with van der Waals surface area (Å²) in [5.74, 6) is 0. The van der Waals surface area contributed by atoms with E-state index in [1.165, 1.54) is 91.6 Å². The second-order valence-electron chi connectivity index (χ2n) is 14.5. The van der Waals surface area contributed by atoms with E-state index >= 15 is 0 Å². The molecule has 0 saturated heterocycles. The Morgan fingerprint density at radius 3 is 1.75 bits per heavy atom. The van der Waals surface area contributed by atoms with Crippen LogP contribution in [0.3, 0.4) is 0 Å². The predicted octanol–water partition coefficient (Wildman–Crippen LogP) is 16.0. The summed E-state index contributed by atoms with van der Waals surface area (Å²) < 4.78 is 2.56. The molecular weight excluding hydrogens is 695 g/mol. The fourth-order valence-corrected chi connectivity index (χ4v) is 9.66. The molecule has 0 N–H and O–H groups in total. The molecule has 2 heteroatoms. The van der Waals surface area contributed by atoms with Gasteiger partial charge in [-0.1, -0.05) is 164 Å². The molecular formula is C54H35NS. The van der Waals surface area contributed by atoms with E-state index in [4.69, 9.17) is 0 Å². The maximum absolute atomic E-state index is 2.48. The van der Waals surface area contributed by atoms with Crippen LogP contribution in [0.5, 0.6) is 0 Å². The molecule has 0 aliphatic rings. The van der Waals surface area contributed by atoms with Crippen molar-refractivity contribution in [2.24, 2.45) is 0 Å². The summed E-state index contributed by atoms with van der Waals surface area (Å²) in [7, 11) is 0. The van der Waals surface area contributed by atoms with Crippen LogP contribution in [0, 0.1) is 0 Å². The van der Waals surface area contributed by atoms with Gasteiger partial charge in [-0.3, -0.25) is 0 Å². The number of hydrogen-bond donors (Lipinski definition) is 0. The van der Waals surface area contributed by atoms with Crippen LogP contribution in [-0.2, 0) is 0 Å². The highest BCUT2D eigenvalue weighted by molar-refractivity contribution is 7.26. The number of fused-ring (bicyclic) bond motifs is 7. The Kier molecular flexibility index (Phi) is 7.75. The molecule has 0 fully saturated rings. The van der Waals surface area contributed by atoms with Gasteiger partial charge in [0.25, 0.3) is 0 Å². The number of benzene rings is 10. The summed E-state index contributed by atoms with van der Waals surface area (Å²) in [4.78, 5) is 2.48. The van der Waals surface area contributed by atoms with Gasteiger partial charge in [0.05, 0.1) is 11.4 Å². The molecule has 0 spiro atoms. The maximum Gasteiger partial charge on any atom is 0.0555 e. The minimum Gasteiger partial charge on any atom is -0.309 e. The van der Waals surface area contributed by atoms with Gasteiger partial charge < -0.3 is 4.90 Å². The molecule has 0 unspecified atom stereocenters. The van der Waals surface area contributed by atoms with Gasteiger partial charge >= 0.3 is 0 Å². The quantitative estimate of drug-likeness (QED) is 0.154. The van der Waals surface area contributed by atoms with E-state index in [0.29, 0.717) is 0 Å². The highest BCUT2D eigenvalue weighted by Gasteiger charge is 2.22. The van der Waals surface area contributed by atoms with Crippen LogP contribution in [0.15, 0.2) is 212 Å². The Balaban J connectivity index is 1.11. The van der Waals surface area contributed by atoms with Crippen LogP contribution >= 0.6 is 11.3 Å². The van der Waals surface area contributed by atoms with E-state index in [-0.39, 0.29) is 0 Å². The van der Waals surface area contributed by atoms with Crippen molar-refractivity contribution in [3.05, 3.63) is 212 Å². The zero-order chi connectivity index (χ0) is 37.0. The fourth-order valence-electron chi connectivity index (χ4n) is 8.56. The van der Waals surface area contributed by atoms with Crippen LogP contribution in [0.2, 0.25) is 0 Å². The highest BCUT2D eigenvalue weighted by atomic mass is 32.1. The number of rotatable bonds is 6. The van der Waals surface area contributed by atoms with Crippen LogP contribution in [0.25, 0.3) is 85.9 Å². The lowest BCUT2D eigenvalue weighted by Crippen LogP contribution is -2.11. The summed E-state index contributed by atoms with van der Waals surface area (Å²) in [6, 6.07) is 77.8. The molecule has 0 atom stereocenters. The smallest absolute Gasteiger partial charge is 0.0555 e. The monoisotopic (exact) mass is 729 g/mol. The van der Waals surface area contributed by atoms with Gasteiger partial charge in [0.2, 0.25) is 0 Å². The van der Waals surface area contributed by atoms with Crippen molar-refractivity contribution in [2.45, 2.75) is 0 Å². The van der Waals surface area contributed by atoms with E-state index in [9.17, 15) is 0 Å². The molecule has 11 rings (SSSR count). The van der Waals surface area contributed by atoms with E-state index in [1.807, 2.05) is 11.3 Å². The van der Waals surface area contributed by atoms with Gasteiger partial charge in [-0.25, -0.2) is 0 Å². The lowest BCUT2D eigenvalue weighted by molar-refractivity contribution is 1.32. The van der Waals surface area contributed by atoms with Crippen LogP contribution in [0.1, 0.15) is 0 Å². The standard InChI is InChI=1S/C54H35NS/c1-3-12-36(13-4-1)41-27-33-52-49(35-41)54-51(20-11-21-53(54)56-52)55(50-32-31-45(38-14-5-2-6-15-38)47-18-9-10-19-48(47)50)43-28-24-37(25-29-43)40-26-30-46-42(34-40)23-22-39-16-7-8-17-44(39)46/h1-35H. The van der Waals surface area contributed by atoms with E-state index in [1.54, 1.807) is 0 Å². The van der Waals surface area contributed by atoms with Gasteiger partial charge in [0, 0.05) is 31.2 Å². The molecule has 0 amide bonds. The number of anilines is 3. The Morgan fingerprint density at radius 2 is 0.929 bits per heavy atom. The van der Waals surface area contributed by atoms with Gasteiger partial charge in [-0.05, 0) is 109 Å². The summed E-state index contributed by atoms with van der Waals surface area (Å²) in [5.41, 5.74) is 10.7. The average molecular weight is 730 g/mol. The second-order valence-corrected chi connectivity index (χ2v) is 15.6. The van der Waals surface area contributed by atoms with Crippen molar-refractivity contribution in [3.63, 3.8) is 0 Å². The largest absolute Gasteiger partial charge is 0.309 e. The highest BCUT2D eigenvalue weighted by Crippen LogP contribution is 2.48. The summed E-state index contributed by atoms with van der Waals surface area (Å²) >= 11 is 1.87. The molecule has 10 aromatic carbocycles. The first kappa shape index (κ1) is 32.4. The van der Waals surface area contributed by atoms with Crippen molar-refractivity contribution >= 4 is 80.9 Å². The first-order chi connectivity index (χ1) is 27.8. The number of nitrogens with zero attached hydrogens (tertiary/aromatic N) is 1. The molecule has 1 aromatic heterocycles. The lowest BCUT2D eigenvalue weighted by Gasteiger charge is -2.28. The van der Waals surface area contributed by atoms with Crippen LogP contribution < -0.4 is 4.90 Å². The molecule has 0 bridgehead atoms. The van der Waals surface area contributed by atoms with E-state index in [2.05, 4.69) is 217 Å². The minimum atomic E-state index is 1.12. The third kappa shape index (κ3) is 5.46. The molecule has 0 aliphatic carbocycles. The summed E-state index contributed by atoms with van der Waals surface area (Å²) in [5, 5.41) is 10.1. The number of hydrogen-bond acceptors (Lipinski definition) is 2. The molecule has 262 valence electrons. The molecule has 1 nitrogen and oxygen atoms in total. The Hall–Kier alpha value is -7.00. The minimum absolute atomic E-state index is 1.12. The zero-order valence-electron chi connectivity index (χ0n) is 30.6. The SMILES string of the molecule is c1ccc(-c2ccc3sc4cccc(N(c5ccc(-c6ccc7c(ccc8ccccc87)c6)cc5)c5ccc(-c6ccccc6)c6ccccc56)c4c3c2)cc1. The Morgan fingerprint density at radius 1 is 0.304 bits per heavy atom. The van der Waals surface area contributed by atoms with Crippen molar-refractivity contribution in [3.8, 4) is 33.4 Å². The van der Waals surface area contributed by atoms with Crippen molar-refractivity contribution < 1.29 is 0 Å². The predicted molar refractivity (Wildman–Crippen MR) is 243 cm³/mol. The first-order valence-corrected chi connectivity index (χ1v) is 20.0. The molecule has 1 heterocycles. The van der Waals surface area contributed by atoms with E-state index < -0.39 is 0 Å². The fraction of sp³-hybridized carbons (Fsp3) is 0. The van der Waals surface area contributed by atoms with Gasteiger partial charge in [-0.15, -0.1) is 11.3 Å². The second kappa shape index (κ2) is 13.4. The summed E-state index contributed by atoms with van der Waals surface area (Å²) in [6.45, 7) is 0. The molecule has 0 radical (unpaired) electrons. The topological polar surface area (TPSA) is 3.24 Å². The molecule has 0 aliphatic heterocycles. The van der Waals surface area contributed by atoms with E-state index in [0.717, 1.165) is 11.4 Å². The maximum atomic E-state index is 2.48. The lowest BCUT2D eigenvalue weighted by atomic mass is 9.95. The molecule has 11 aromatic rings. The third-order valence-electron chi connectivity index (χ3n) is 11.3. The third-order valence-corrected chi connectivity index (χ3v) is 12.4. The van der Waals surface area contributed by atoms with Crippen LogP contribution in [0.4, 0.5) is 17.1 Å². The zero-order valence-corrected chi connectivity index (χ0v) is 31.4. The normalized spacial score (nSPS) is 11.6. The van der Waals surface area contributed by atoms with Gasteiger partial charge in [-0.2, -0.15) is 0 Å². The summed E-state index contributed by atoms with van der Waals surface area (Å²) in [6.07, 6.45) is 0. The first-order valence-electron chi connectivity index (χ1n) is 19.2. The Bertz CT molecular complexity index is 3230. The molecule has 0 saturated carbocycles. The van der Waals surface area contributed by atoms with Crippen molar-refractivity contribution in [1.29, 1.82) is 0 Å². The van der Waals surface area contributed by atoms with Gasteiger partial charge in [0.1, 0.15) is 0 Å². The van der Waals surface area contributed by atoms with Crippen molar-refractivity contribution in [2.75, 3.05) is 4.90 Å². The van der Waals surface area contributed by atoms with Gasteiger partial charge in [0.15, 0.2) is 0 Å². The van der Waals surface area contributed by atoms with Crippen LogP contribution in [-0.4, -0.2) is 0 Å². The average Bonchev–Trinajstić information content (AvgIpc) is 3.66.